The van der Waals surface area contributed by atoms with Crippen LogP contribution in [-0.4, -0.2) is 28.5 Å². The number of hydrogen-bond donors (Lipinski definition) is 0. The van der Waals surface area contributed by atoms with E-state index in [4.69, 9.17) is 8.83 Å². The lowest BCUT2D eigenvalue weighted by molar-refractivity contribution is -0.133. The molecule has 0 spiro atoms. The summed E-state index contributed by atoms with van der Waals surface area (Å²) in [6.07, 6.45) is 0.983. The molecule has 1 fully saturated rings. The summed E-state index contributed by atoms with van der Waals surface area (Å²) in [5, 5.41) is 1.81. The normalized spacial score (nSPS) is 19.6. The van der Waals surface area contributed by atoms with Crippen LogP contribution in [-0.2, 0) is 17.8 Å². The van der Waals surface area contributed by atoms with E-state index < -0.39 is 5.63 Å². The molecule has 7 nitrogen and oxygen atoms in total. The van der Waals surface area contributed by atoms with Crippen LogP contribution in [0.4, 0.5) is 0 Å². The lowest BCUT2D eigenvalue weighted by Gasteiger charge is -2.42. The molecular weight excluding hydrogens is 432 g/mol. The van der Waals surface area contributed by atoms with Crippen LogP contribution in [0.3, 0.4) is 0 Å². The molecule has 0 aliphatic carbocycles. The maximum absolute atomic E-state index is 13.3. The Morgan fingerprint density at radius 1 is 0.971 bits per heavy atom. The zero-order chi connectivity index (χ0) is 23.7. The number of fused-ring (bicyclic) bond motifs is 6. The molecule has 4 aromatic rings. The third-order valence-electron chi connectivity index (χ3n) is 7.74. The third kappa shape index (κ3) is 3.14. The van der Waals surface area contributed by atoms with Crippen LogP contribution in [0, 0.1) is 26.7 Å². The van der Waals surface area contributed by atoms with E-state index in [9.17, 15) is 14.4 Å². The van der Waals surface area contributed by atoms with Crippen molar-refractivity contribution in [3.63, 3.8) is 0 Å². The molecule has 34 heavy (non-hydrogen) atoms. The van der Waals surface area contributed by atoms with Crippen molar-refractivity contribution in [1.82, 2.24) is 9.47 Å². The number of furan rings is 1. The van der Waals surface area contributed by atoms with Crippen molar-refractivity contribution in [3.8, 4) is 0 Å². The highest BCUT2D eigenvalue weighted by atomic mass is 16.4. The first-order valence-corrected chi connectivity index (χ1v) is 11.7. The number of pyridine rings is 1. The lowest BCUT2D eigenvalue weighted by Crippen LogP contribution is -2.49. The van der Waals surface area contributed by atoms with Crippen molar-refractivity contribution in [2.45, 2.75) is 46.1 Å². The largest absolute Gasteiger partial charge is 0.461 e. The van der Waals surface area contributed by atoms with Gasteiger partial charge in [-0.2, -0.15) is 0 Å². The number of piperidine rings is 1. The monoisotopic (exact) mass is 458 g/mol. The molecule has 0 N–H and O–H groups in total. The van der Waals surface area contributed by atoms with Gasteiger partial charge in [-0.1, -0.05) is 6.07 Å². The predicted octanol–water partition coefficient (Wildman–Crippen LogP) is 3.81. The van der Waals surface area contributed by atoms with E-state index >= 15 is 0 Å². The van der Waals surface area contributed by atoms with Gasteiger partial charge < -0.3 is 18.3 Å². The zero-order valence-corrected chi connectivity index (χ0v) is 19.5. The van der Waals surface area contributed by atoms with Crippen LogP contribution >= 0.6 is 0 Å². The Kier molecular flexibility index (Phi) is 4.59. The summed E-state index contributed by atoms with van der Waals surface area (Å²) in [6.45, 7) is 7.59. The van der Waals surface area contributed by atoms with Gasteiger partial charge >= 0.3 is 5.63 Å². The summed E-state index contributed by atoms with van der Waals surface area (Å²) in [6, 6.07) is 9.12. The minimum Gasteiger partial charge on any atom is -0.461 e. The fourth-order valence-corrected chi connectivity index (χ4v) is 5.79. The van der Waals surface area contributed by atoms with E-state index in [-0.39, 0.29) is 29.7 Å². The van der Waals surface area contributed by atoms with Gasteiger partial charge in [0, 0.05) is 54.2 Å². The Morgan fingerprint density at radius 2 is 1.74 bits per heavy atom. The molecule has 0 saturated carbocycles. The summed E-state index contributed by atoms with van der Waals surface area (Å²) in [5.41, 5.74) is 3.93. The second-order valence-electron chi connectivity index (χ2n) is 9.79. The topological polar surface area (TPSA) is 85.7 Å². The van der Waals surface area contributed by atoms with Gasteiger partial charge in [-0.25, -0.2) is 4.79 Å². The van der Waals surface area contributed by atoms with Gasteiger partial charge in [0.25, 0.3) is 5.56 Å². The Morgan fingerprint density at radius 3 is 2.56 bits per heavy atom. The van der Waals surface area contributed by atoms with Gasteiger partial charge in [0.15, 0.2) is 0 Å². The van der Waals surface area contributed by atoms with Crippen molar-refractivity contribution in [3.05, 3.63) is 79.3 Å². The molecule has 2 bridgehead atoms. The van der Waals surface area contributed by atoms with E-state index in [2.05, 4.69) is 0 Å². The Balaban J connectivity index is 1.33. The number of likely N-dealkylation sites (tertiary alicyclic amines) is 1. The van der Waals surface area contributed by atoms with Crippen LogP contribution in [0.2, 0.25) is 0 Å². The molecule has 0 radical (unpaired) electrons. The maximum Gasteiger partial charge on any atom is 0.340 e. The smallest absolute Gasteiger partial charge is 0.340 e. The number of nitrogens with zero attached hydrogens (tertiary/aromatic N) is 2. The first-order valence-electron chi connectivity index (χ1n) is 11.7. The van der Waals surface area contributed by atoms with Gasteiger partial charge in [-0.05, 0) is 56.4 Å². The number of carbonyl (C=O) groups excluding carboxylic acids is 1. The molecular formula is C27H26N2O5. The maximum atomic E-state index is 13.3. The van der Waals surface area contributed by atoms with Crippen LogP contribution in [0.1, 0.15) is 40.5 Å². The second-order valence-corrected chi connectivity index (χ2v) is 9.79. The second kappa shape index (κ2) is 7.45. The Bertz CT molecular complexity index is 1610. The minimum absolute atomic E-state index is 0.00652. The quantitative estimate of drug-likeness (QED) is 0.427. The molecule has 6 rings (SSSR count). The van der Waals surface area contributed by atoms with Crippen molar-refractivity contribution in [1.29, 1.82) is 0 Å². The fourth-order valence-electron chi connectivity index (χ4n) is 5.79. The number of benzene rings is 1. The van der Waals surface area contributed by atoms with Crippen molar-refractivity contribution >= 4 is 27.8 Å². The van der Waals surface area contributed by atoms with Crippen LogP contribution in [0.5, 0.6) is 0 Å². The van der Waals surface area contributed by atoms with Gasteiger partial charge in [0.1, 0.15) is 16.9 Å². The van der Waals surface area contributed by atoms with Crippen molar-refractivity contribution < 1.29 is 13.6 Å². The highest BCUT2D eigenvalue weighted by Gasteiger charge is 2.36. The molecule has 174 valence electrons. The minimum atomic E-state index is -0.480. The average molecular weight is 459 g/mol. The standard InChI is InChI=1S/C27H26N2O5/c1-14-16(3)33-23-10-24-20(8-19(14)23)15(2)21(27(32)34-24)9-26(31)28-11-17-7-18(13-28)22-5-4-6-25(30)29(22)12-17/h4-6,8,10,17-18H,7,9,11-13H2,1-3H3. The van der Waals surface area contributed by atoms with Gasteiger partial charge in [0.2, 0.25) is 5.91 Å². The Labute approximate surface area is 195 Å². The predicted molar refractivity (Wildman–Crippen MR) is 128 cm³/mol. The molecule has 7 heteroatoms. The molecule has 1 saturated heterocycles. The fraction of sp³-hybridized carbons (Fsp3) is 0.370. The SMILES string of the molecule is Cc1oc2cc3oc(=O)c(CC(=O)N4CC5CC(C4)c4cccc(=O)n4C5)c(C)c3cc2c1C. The summed E-state index contributed by atoms with van der Waals surface area (Å²) in [7, 11) is 0. The highest BCUT2D eigenvalue weighted by Crippen LogP contribution is 2.35. The molecule has 2 aliphatic rings. The molecule has 1 aromatic carbocycles. The summed E-state index contributed by atoms with van der Waals surface area (Å²) in [5.74, 6) is 1.14. The lowest BCUT2D eigenvalue weighted by atomic mass is 9.83. The van der Waals surface area contributed by atoms with E-state index in [1.807, 2.05) is 42.4 Å². The van der Waals surface area contributed by atoms with Crippen molar-refractivity contribution in [2.75, 3.05) is 13.1 Å². The van der Waals surface area contributed by atoms with E-state index in [0.717, 1.165) is 39.8 Å². The molecule has 2 aliphatic heterocycles. The molecule has 2 atom stereocenters. The summed E-state index contributed by atoms with van der Waals surface area (Å²) >= 11 is 0. The van der Waals surface area contributed by atoms with Gasteiger partial charge in [-0.3, -0.25) is 9.59 Å². The number of carbonyl (C=O) groups is 1. The van der Waals surface area contributed by atoms with Gasteiger partial charge in [-0.15, -0.1) is 0 Å². The van der Waals surface area contributed by atoms with Crippen LogP contribution < -0.4 is 11.2 Å². The zero-order valence-electron chi connectivity index (χ0n) is 19.5. The average Bonchev–Trinajstić information content (AvgIpc) is 3.08. The van der Waals surface area contributed by atoms with E-state index in [0.29, 0.717) is 36.4 Å². The number of hydrogen-bond acceptors (Lipinski definition) is 5. The molecule has 3 aromatic heterocycles. The third-order valence-corrected chi connectivity index (χ3v) is 7.74. The first kappa shape index (κ1) is 21.0. The Hall–Kier alpha value is -3.61. The molecule has 5 heterocycles. The number of rotatable bonds is 2. The number of amides is 1. The highest BCUT2D eigenvalue weighted by molar-refractivity contribution is 5.97. The summed E-state index contributed by atoms with van der Waals surface area (Å²) < 4.78 is 13.3. The molecule has 2 unspecified atom stereocenters. The van der Waals surface area contributed by atoms with Crippen LogP contribution in [0.15, 0.2) is 48.8 Å². The van der Waals surface area contributed by atoms with Crippen LogP contribution in [0.25, 0.3) is 21.9 Å². The van der Waals surface area contributed by atoms with Crippen molar-refractivity contribution in [2.24, 2.45) is 5.92 Å². The molecule has 1 amide bonds. The van der Waals surface area contributed by atoms with Gasteiger partial charge in [0.05, 0.1) is 12.0 Å². The van der Waals surface area contributed by atoms with E-state index in [1.165, 1.54) is 0 Å². The number of aryl methyl sites for hydroxylation is 3. The van der Waals surface area contributed by atoms with E-state index in [1.54, 1.807) is 18.2 Å². The first-order chi connectivity index (χ1) is 16.3. The number of aromatic nitrogens is 1. The summed E-state index contributed by atoms with van der Waals surface area (Å²) in [4.78, 5) is 40.3.